The molecule has 126 valence electrons. The van der Waals surface area contributed by atoms with E-state index in [4.69, 9.17) is 11.6 Å². The number of carbonyl (C=O) groups excluding carboxylic acids is 1. The minimum Gasteiger partial charge on any atom is -0.431 e. The average Bonchev–Trinajstić information content (AvgIpc) is 2.50. The summed E-state index contributed by atoms with van der Waals surface area (Å²) in [6.07, 6.45) is 0. The molecule has 10 heteroatoms. The fourth-order valence-corrected chi connectivity index (χ4v) is 2.69. The first-order chi connectivity index (χ1) is 11.3. The SMILES string of the molecule is O=C(Nc1cc(Cl)cc(Br)c1OC(F)F)c1ccc([N+](=O)[O-])cc1. The van der Waals surface area contributed by atoms with Crippen molar-refractivity contribution in [3.63, 3.8) is 0 Å². The van der Waals surface area contributed by atoms with Gasteiger partial charge >= 0.3 is 6.61 Å². The molecule has 6 nitrogen and oxygen atoms in total. The van der Waals surface area contributed by atoms with E-state index in [2.05, 4.69) is 26.0 Å². The number of alkyl halides is 2. The smallest absolute Gasteiger partial charge is 0.387 e. The van der Waals surface area contributed by atoms with E-state index < -0.39 is 17.4 Å². The minimum absolute atomic E-state index is 0.0713. The van der Waals surface area contributed by atoms with Crippen LogP contribution < -0.4 is 10.1 Å². The highest BCUT2D eigenvalue weighted by atomic mass is 79.9. The van der Waals surface area contributed by atoms with Gasteiger partial charge in [0.25, 0.3) is 11.6 Å². The highest BCUT2D eigenvalue weighted by molar-refractivity contribution is 9.10. The summed E-state index contributed by atoms with van der Waals surface area (Å²) >= 11 is 8.87. The van der Waals surface area contributed by atoms with Gasteiger partial charge in [0.2, 0.25) is 0 Å². The lowest BCUT2D eigenvalue weighted by molar-refractivity contribution is -0.384. The molecule has 0 aromatic heterocycles. The Hall–Kier alpha value is -2.26. The van der Waals surface area contributed by atoms with Gasteiger partial charge in [-0.3, -0.25) is 14.9 Å². The summed E-state index contributed by atoms with van der Waals surface area (Å²) in [6, 6.07) is 7.36. The van der Waals surface area contributed by atoms with Gasteiger partial charge in [-0.05, 0) is 40.2 Å². The minimum atomic E-state index is -3.10. The maximum absolute atomic E-state index is 12.5. The normalized spacial score (nSPS) is 10.5. The number of nitrogens with one attached hydrogen (secondary N) is 1. The first-order valence-electron chi connectivity index (χ1n) is 6.27. The van der Waals surface area contributed by atoms with Crippen LogP contribution in [0.25, 0.3) is 0 Å². The van der Waals surface area contributed by atoms with Crippen molar-refractivity contribution in [1.82, 2.24) is 0 Å². The molecule has 0 spiro atoms. The van der Waals surface area contributed by atoms with E-state index in [-0.39, 0.29) is 32.2 Å². The molecule has 0 bridgehead atoms. The van der Waals surface area contributed by atoms with Crippen molar-refractivity contribution in [2.75, 3.05) is 5.32 Å². The number of non-ortho nitro benzene ring substituents is 1. The molecule has 1 N–H and O–H groups in total. The quantitative estimate of drug-likeness (QED) is 0.552. The number of hydrogen-bond donors (Lipinski definition) is 1. The van der Waals surface area contributed by atoms with E-state index in [1.807, 2.05) is 0 Å². The molecule has 0 atom stereocenters. The van der Waals surface area contributed by atoms with Crippen LogP contribution in [0.3, 0.4) is 0 Å². The average molecular weight is 422 g/mol. The van der Waals surface area contributed by atoms with Gasteiger partial charge in [0, 0.05) is 22.7 Å². The Kier molecular flexibility index (Phi) is 5.68. The lowest BCUT2D eigenvalue weighted by atomic mass is 10.2. The first-order valence-corrected chi connectivity index (χ1v) is 7.44. The second kappa shape index (κ2) is 7.54. The first kappa shape index (κ1) is 18.1. The van der Waals surface area contributed by atoms with Crippen LogP contribution in [0.15, 0.2) is 40.9 Å². The number of rotatable bonds is 5. The summed E-state index contributed by atoms with van der Waals surface area (Å²) in [5.41, 5.74) is -0.156. The number of nitro benzene ring substituents is 1. The Morgan fingerprint density at radius 2 is 1.92 bits per heavy atom. The van der Waals surface area contributed by atoms with Crippen molar-refractivity contribution >= 4 is 44.8 Å². The summed E-state index contributed by atoms with van der Waals surface area (Å²) < 4.78 is 29.5. The van der Waals surface area contributed by atoms with Crippen LogP contribution in [0.2, 0.25) is 5.02 Å². The van der Waals surface area contributed by atoms with Crippen LogP contribution in [0.5, 0.6) is 5.75 Å². The van der Waals surface area contributed by atoms with Crippen LogP contribution >= 0.6 is 27.5 Å². The van der Waals surface area contributed by atoms with Crippen molar-refractivity contribution < 1.29 is 23.2 Å². The van der Waals surface area contributed by atoms with Gasteiger partial charge in [-0.25, -0.2) is 0 Å². The number of nitro groups is 1. The van der Waals surface area contributed by atoms with Crippen molar-refractivity contribution in [1.29, 1.82) is 0 Å². The number of nitrogens with zero attached hydrogens (tertiary/aromatic N) is 1. The zero-order valence-corrected chi connectivity index (χ0v) is 14.0. The molecule has 0 aliphatic carbocycles. The molecule has 24 heavy (non-hydrogen) atoms. The zero-order valence-electron chi connectivity index (χ0n) is 11.6. The highest BCUT2D eigenvalue weighted by Crippen LogP contribution is 2.37. The zero-order chi connectivity index (χ0) is 17.9. The predicted molar refractivity (Wildman–Crippen MR) is 86.8 cm³/mol. The van der Waals surface area contributed by atoms with Crippen LogP contribution in [-0.4, -0.2) is 17.4 Å². The van der Waals surface area contributed by atoms with E-state index in [9.17, 15) is 23.7 Å². The second-order valence-electron chi connectivity index (χ2n) is 4.40. The number of benzene rings is 2. The summed E-state index contributed by atoms with van der Waals surface area (Å²) in [5.74, 6) is -0.956. The van der Waals surface area contributed by atoms with Gasteiger partial charge in [0.05, 0.1) is 15.1 Å². The molecular weight excluding hydrogens is 414 g/mol. The van der Waals surface area contributed by atoms with Crippen LogP contribution in [0, 0.1) is 10.1 Å². The fraction of sp³-hybridized carbons (Fsp3) is 0.0714. The van der Waals surface area contributed by atoms with Crippen LogP contribution in [0.4, 0.5) is 20.2 Å². The monoisotopic (exact) mass is 420 g/mol. The molecule has 0 radical (unpaired) electrons. The van der Waals surface area contributed by atoms with Gasteiger partial charge < -0.3 is 10.1 Å². The molecule has 0 saturated carbocycles. The van der Waals surface area contributed by atoms with Crippen LogP contribution in [0.1, 0.15) is 10.4 Å². The lowest BCUT2D eigenvalue weighted by Gasteiger charge is -2.14. The van der Waals surface area contributed by atoms with Gasteiger partial charge in [-0.1, -0.05) is 11.6 Å². The van der Waals surface area contributed by atoms with Gasteiger partial charge in [0.15, 0.2) is 5.75 Å². The largest absolute Gasteiger partial charge is 0.431 e. The third kappa shape index (κ3) is 4.39. The Balaban J connectivity index is 2.29. The van der Waals surface area contributed by atoms with E-state index in [1.54, 1.807) is 0 Å². The summed E-state index contributed by atoms with van der Waals surface area (Å²) in [7, 11) is 0. The molecule has 0 fully saturated rings. The highest BCUT2D eigenvalue weighted by Gasteiger charge is 2.18. The molecule has 0 heterocycles. The van der Waals surface area contributed by atoms with E-state index >= 15 is 0 Å². The molecule has 2 aromatic carbocycles. The number of anilines is 1. The molecule has 0 aliphatic heterocycles. The Labute approximate surface area is 147 Å². The number of halogens is 4. The third-order valence-corrected chi connectivity index (χ3v) is 3.61. The predicted octanol–water partition coefficient (Wildman–Crippen LogP) is 4.86. The van der Waals surface area contributed by atoms with Gasteiger partial charge in [-0.2, -0.15) is 8.78 Å². The fourth-order valence-electron chi connectivity index (χ4n) is 1.79. The number of hydrogen-bond acceptors (Lipinski definition) is 4. The van der Waals surface area contributed by atoms with Crippen molar-refractivity contribution in [3.05, 3.63) is 61.6 Å². The second-order valence-corrected chi connectivity index (χ2v) is 5.69. The molecule has 0 aliphatic rings. The topological polar surface area (TPSA) is 81.5 Å². The van der Waals surface area contributed by atoms with Gasteiger partial charge in [-0.15, -0.1) is 0 Å². The molecule has 1 amide bonds. The van der Waals surface area contributed by atoms with E-state index in [0.717, 1.165) is 12.1 Å². The molecule has 2 aromatic rings. The van der Waals surface area contributed by atoms with Crippen molar-refractivity contribution in [2.45, 2.75) is 6.61 Å². The Morgan fingerprint density at radius 3 is 2.46 bits per heavy atom. The summed E-state index contributed by atoms with van der Waals surface area (Å²) in [5, 5.41) is 13.2. The maximum atomic E-state index is 12.5. The van der Waals surface area contributed by atoms with Crippen molar-refractivity contribution in [2.24, 2.45) is 0 Å². The maximum Gasteiger partial charge on any atom is 0.387 e. The third-order valence-electron chi connectivity index (χ3n) is 2.80. The van der Waals surface area contributed by atoms with E-state index in [1.165, 1.54) is 24.3 Å². The number of ether oxygens (including phenoxy) is 1. The van der Waals surface area contributed by atoms with Crippen molar-refractivity contribution in [3.8, 4) is 5.75 Å². The molecule has 0 unspecified atom stereocenters. The van der Waals surface area contributed by atoms with E-state index in [0.29, 0.717) is 0 Å². The lowest BCUT2D eigenvalue weighted by Crippen LogP contribution is -2.14. The number of carbonyl (C=O) groups is 1. The molecule has 0 saturated heterocycles. The summed E-state index contributed by atoms with van der Waals surface area (Å²) in [4.78, 5) is 22.2. The Morgan fingerprint density at radius 1 is 1.29 bits per heavy atom. The Bertz CT molecular complexity index is 787. The van der Waals surface area contributed by atoms with Crippen LogP contribution in [-0.2, 0) is 0 Å². The molecule has 2 rings (SSSR count). The number of amides is 1. The standard InChI is InChI=1S/C14H8BrClF2N2O4/c15-10-5-8(16)6-11(12(10)24-14(17)18)19-13(21)7-1-3-9(4-2-7)20(22)23/h1-6,14H,(H,19,21). The molecular formula is C14H8BrClF2N2O4. The van der Waals surface area contributed by atoms with Gasteiger partial charge in [0.1, 0.15) is 0 Å². The summed E-state index contributed by atoms with van der Waals surface area (Å²) in [6.45, 7) is -3.10.